The fourth-order valence-electron chi connectivity index (χ4n) is 3.64. The lowest BCUT2D eigenvalue weighted by Gasteiger charge is -2.23. The van der Waals surface area contributed by atoms with E-state index in [1.807, 2.05) is 7.05 Å². The van der Waals surface area contributed by atoms with Gasteiger partial charge in [-0.1, -0.05) is 24.3 Å². The molecule has 0 saturated carbocycles. The minimum Gasteiger partial charge on any atom is -0.355 e. The number of benzene rings is 1. The average Bonchev–Trinajstić information content (AvgIpc) is 2.81. The number of rotatable bonds is 3. The molecule has 3 heterocycles. The predicted octanol–water partition coefficient (Wildman–Crippen LogP) is 3.15. The summed E-state index contributed by atoms with van der Waals surface area (Å²) in [6, 6.07) is 8.66. The quantitative estimate of drug-likeness (QED) is 0.658. The number of fused-ring (bicyclic) bond motifs is 1. The van der Waals surface area contributed by atoms with Gasteiger partial charge >= 0.3 is 0 Å². The summed E-state index contributed by atoms with van der Waals surface area (Å²) in [6.07, 6.45) is 2.76. The first-order valence-corrected chi connectivity index (χ1v) is 9.78. The standard InChI is InChI=1S/C19H23BrN6/c1-14-6-3-4-7-15(14)12-25-8-5-9-26(11-10-25)19-16-17(20)23-24(2)18(16)21-13-22-19/h3-4,6-7,13H,5,8-12H2,1-2H3. The van der Waals surface area contributed by atoms with Crippen molar-refractivity contribution in [2.24, 2.45) is 7.05 Å². The minimum absolute atomic E-state index is 0.812. The number of anilines is 1. The Morgan fingerprint density at radius 3 is 2.77 bits per heavy atom. The molecule has 1 aliphatic rings. The largest absolute Gasteiger partial charge is 0.355 e. The number of aryl methyl sites for hydroxylation is 2. The van der Waals surface area contributed by atoms with Gasteiger partial charge in [-0.05, 0) is 40.4 Å². The number of hydrogen-bond donors (Lipinski definition) is 0. The highest BCUT2D eigenvalue weighted by atomic mass is 79.9. The molecule has 1 aliphatic heterocycles. The molecule has 1 fully saturated rings. The van der Waals surface area contributed by atoms with Gasteiger partial charge in [0.15, 0.2) is 5.65 Å². The number of aromatic nitrogens is 4. The number of hydrogen-bond acceptors (Lipinski definition) is 5. The normalized spacial score (nSPS) is 16.2. The average molecular weight is 415 g/mol. The molecule has 1 saturated heterocycles. The van der Waals surface area contributed by atoms with Crippen LogP contribution in [0.25, 0.3) is 11.0 Å². The van der Waals surface area contributed by atoms with Gasteiger partial charge in [-0.2, -0.15) is 5.10 Å². The van der Waals surface area contributed by atoms with E-state index in [-0.39, 0.29) is 0 Å². The Kier molecular flexibility index (Phi) is 4.91. The van der Waals surface area contributed by atoms with Crippen molar-refractivity contribution in [2.45, 2.75) is 19.9 Å². The van der Waals surface area contributed by atoms with Crippen molar-refractivity contribution < 1.29 is 0 Å². The first-order chi connectivity index (χ1) is 12.6. The molecule has 3 aromatic rings. The molecule has 7 heteroatoms. The van der Waals surface area contributed by atoms with Crippen LogP contribution in [0.2, 0.25) is 0 Å². The lowest BCUT2D eigenvalue weighted by Crippen LogP contribution is -2.31. The van der Waals surface area contributed by atoms with Gasteiger partial charge in [0, 0.05) is 39.8 Å². The van der Waals surface area contributed by atoms with Gasteiger partial charge in [-0.3, -0.25) is 4.90 Å². The van der Waals surface area contributed by atoms with Gasteiger partial charge in [0.1, 0.15) is 16.7 Å². The summed E-state index contributed by atoms with van der Waals surface area (Å²) in [4.78, 5) is 13.9. The Labute approximate surface area is 162 Å². The highest BCUT2D eigenvalue weighted by molar-refractivity contribution is 9.10. The van der Waals surface area contributed by atoms with Gasteiger partial charge in [0.25, 0.3) is 0 Å². The molecule has 2 aromatic heterocycles. The van der Waals surface area contributed by atoms with Crippen molar-refractivity contribution in [1.29, 1.82) is 0 Å². The second-order valence-electron chi connectivity index (χ2n) is 6.85. The van der Waals surface area contributed by atoms with Crippen molar-refractivity contribution in [2.75, 3.05) is 31.1 Å². The summed E-state index contributed by atoms with van der Waals surface area (Å²) in [6.45, 7) is 7.29. The molecule has 0 atom stereocenters. The minimum atomic E-state index is 0.812. The van der Waals surface area contributed by atoms with Crippen LogP contribution in [0.4, 0.5) is 5.82 Å². The lowest BCUT2D eigenvalue weighted by molar-refractivity contribution is 0.285. The maximum atomic E-state index is 4.58. The summed E-state index contributed by atoms with van der Waals surface area (Å²) in [5.74, 6) is 0.979. The molecule has 0 amide bonds. The lowest BCUT2D eigenvalue weighted by atomic mass is 10.1. The second kappa shape index (κ2) is 7.32. The third-order valence-electron chi connectivity index (χ3n) is 5.10. The van der Waals surface area contributed by atoms with E-state index in [4.69, 9.17) is 0 Å². The second-order valence-corrected chi connectivity index (χ2v) is 7.60. The summed E-state index contributed by atoms with van der Waals surface area (Å²) >= 11 is 3.57. The molecule has 0 aliphatic carbocycles. The van der Waals surface area contributed by atoms with Gasteiger partial charge in [0.05, 0.1) is 5.39 Å². The van der Waals surface area contributed by atoms with E-state index < -0.39 is 0 Å². The van der Waals surface area contributed by atoms with E-state index in [0.717, 1.165) is 60.6 Å². The molecular formula is C19H23BrN6. The van der Waals surface area contributed by atoms with E-state index >= 15 is 0 Å². The molecule has 0 N–H and O–H groups in total. The summed E-state index contributed by atoms with van der Waals surface area (Å²) in [5, 5.41) is 5.45. The van der Waals surface area contributed by atoms with Crippen molar-refractivity contribution in [3.63, 3.8) is 0 Å². The van der Waals surface area contributed by atoms with Crippen molar-refractivity contribution >= 4 is 32.8 Å². The topological polar surface area (TPSA) is 50.1 Å². The summed E-state index contributed by atoms with van der Waals surface area (Å²) < 4.78 is 2.61. The van der Waals surface area contributed by atoms with Crippen LogP contribution in [0.3, 0.4) is 0 Å². The van der Waals surface area contributed by atoms with Crippen LogP contribution >= 0.6 is 15.9 Å². The van der Waals surface area contributed by atoms with Gasteiger partial charge in [-0.15, -0.1) is 0 Å². The highest BCUT2D eigenvalue weighted by Gasteiger charge is 2.21. The Bertz CT molecular complexity index is 922. The zero-order valence-corrected chi connectivity index (χ0v) is 16.8. The van der Waals surface area contributed by atoms with Crippen LogP contribution < -0.4 is 4.90 Å². The molecule has 136 valence electrons. The van der Waals surface area contributed by atoms with E-state index in [2.05, 4.69) is 72.0 Å². The van der Waals surface area contributed by atoms with E-state index in [0.29, 0.717) is 0 Å². The van der Waals surface area contributed by atoms with E-state index in [1.54, 1.807) is 11.0 Å². The van der Waals surface area contributed by atoms with Crippen LogP contribution in [0, 0.1) is 6.92 Å². The van der Waals surface area contributed by atoms with E-state index in [9.17, 15) is 0 Å². The molecule has 0 spiro atoms. The van der Waals surface area contributed by atoms with Crippen molar-refractivity contribution in [3.05, 3.63) is 46.3 Å². The van der Waals surface area contributed by atoms with Gasteiger partial charge in [0.2, 0.25) is 0 Å². The Morgan fingerprint density at radius 2 is 1.92 bits per heavy atom. The van der Waals surface area contributed by atoms with Crippen LogP contribution in [0.15, 0.2) is 35.2 Å². The van der Waals surface area contributed by atoms with Crippen LogP contribution in [-0.4, -0.2) is 50.8 Å². The maximum absolute atomic E-state index is 4.58. The fraction of sp³-hybridized carbons (Fsp3) is 0.421. The van der Waals surface area contributed by atoms with Crippen LogP contribution in [0.1, 0.15) is 17.5 Å². The number of nitrogens with zero attached hydrogens (tertiary/aromatic N) is 6. The molecule has 0 radical (unpaired) electrons. The third kappa shape index (κ3) is 3.33. The summed E-state index contributed by atoms with van der Waals surface area (Å²) in [5.41, 5.74) is 3.65. The zero-order chi connectivity index (χ0) is 18.1. The first kappa shape index (κ1) is 17.4. The molecule has 0 unspecified atom stereocenters. The van der Waals surface area contributed by atoms with Gasteiger partial charge < -0.3 is 4.90 Å². The zero-order valence-electron chi connectivity index (χ0n) is 15.2. The summed E-state index contributed by atoms with van der Waals surface area (Å²) in [7, 11) is 1.91. The fourth-order valence-corrected chi connectivity index (χ4v) is 4.23. The molecule has 1 aromatic carbocycles. The number of halogens is 1. The van der Waals surface area contributed by atoms with Gasteiger partial charge in [-0.25, -0.2) is 14.6 Å². The monoisotopic (exact) mass is 414 g/mol. The predicted molar refractivity (Wildman–Crippen MR) is 107 cm³/mol. The van der Waals surface area contributed by atoms with Crippen LogP contribution in [0.5, 0.6) is 0 Å². The molecular weight excluding hydrogens is 392 g/mol. The Hall–Kier alpha value is -1.99. The Morgan fingerprint density at radius 1 is 1.08 bits per heavy atom. The van der Waals surface area contributed by atoms with Crippen LogP contribution in [-0.2, 0) is 13.6 Å². The SMILES string of the molecule is Cc1ccccc1CN1CCCN(c2ncnc3c2c(Br)nn3C)CC1. The van der Waals surface area contributed by atoms with E-state index in [1.165, 1.54) is 11.1 Å². The first-order valence-electron chi connectivity index (χ1n) is 8.98. The molecule has 6 nitrogen and oxygen atoms in total. The molecule has 0 bridgehead atoms. The highest BCUT2D eigenvalue weighted by Crippen LogP contribution is 2.30. The molecule has 4 rings (SSSR count). The molecule has 26 heavy (non-hydrogen) atoms. The van der Waals surface area contributed by atoms with Crippen molar-refractivity contribution in [1.82, 2.24) is 24.6 Å². The maximum Gasteiger partial charge on any atom is 0.164 e. The Balaban J connectivity index is 1.54. The smallest absolute Gasteiger partial charge is 0.164 e. The van der Waals surface area contributed by atoms with Crippen molar-refractivity contribution in [3.8, 4) is 0 Å². The third-order valence-corrected chi connectivity index (χ3v) is 5.66.